The highest BCUT2D eigenvalue weighted by Gasteiger charge is 2.34. The monoisotopic (exact) mass is 504 g/mol. The van der Waals surface area contributed by atoms with Gasteiger partial charge in [-0.15, -0.1) is 0 Å². The molecule has 0 spiro atoms. The Morgan fingerprint density at radius 1 is 1.06 bits per heavy atom. The van der Waals surface area contributed by atoms with Crippen molar-refractivity contribution in [3.05, 3.63) is 64.6 Å². The van der Waals surface area contributed by atoms with Crippen LogP contribution in [-0.2, 0) is 9.59 Å². The number of thioether (sulfide) groups is 1. The Balaban J connectivity index is 1.52. The minimum absolute atomic E-state index is 0.0116. The highest BCUT2D eigenvalue weighted by molar-refractivity contribution is 8.18. The Morgan fingerprint density at radius 2 is 1.77 bits per heavy atom. The molecule has 0 atom stereocenters. The zero-order chi connectivity index (χ0) is 25.4. The average molecular weight is 505 g/mol. The molecule has 1 aliphatic heterocycles. The van der Waals surface area contributed by atoms with Gasteiger partial charge in [0.05, 0.1) is 19.1 Å². The molecule has 1 saturated heterocycles. The highest BCUT2D eigenvalue weighted by atomic mass is 32.2. The minimum atomic E-state index is -2.99. The maximum Gasteiger partial charge on any atom is 0.387 e. The topological polar surface area (TPSA) is 94.2 Å². The molecule has 0 bridgehead atoms. The fourth-order valence-electron chi connectivity index (χ4n) is 3.05. The number of ether oxygens (including phenoxy) is 3. The van der Waals surface area contributed by atoms with Gasteiger partial charge in [-0.05, 0) is 59.3 Å². The molecule has 1 heterocycles. The summed E-state index contributed by atoms with van der Waals surface area (Å²) in [7, 11) is 2.86. The Kier molecular flexibility index (Phi) is 8.85. The van der Waals surface area contributed by atoms with Crippen LogP contribution in [0.3, 0.4) is 0 Å². The maximum absolute atomic E-state index is 12.6. The predicted molar refractivity (Wildman–Crippen MR) is 127 cm³/mol. The van der Waals surface area contributed by atoms with Crippen LogP contribution in [0.1, 0.15) is 11.1 Å². The fraction of sp³-hybridized carbons (Fsp3) is 0.208. The summed E-state index contributed by atoms with van der Waals surface area (Å²) >= 11 is 0.833. The van der Waals surface area contributed by atoms with E-state index in [1.54, 1.807) is 37.5 Å². The fourth-order valence-corrected chi connectivity index (χ4v) is 3.91. The molecule has 1 N–H and O–H groups in total. The Morgan fingerprint density at radius 3 is 2.43 bits per heavy atom. The number of nitrogens with zero attached hydrogens (tertiary/aromatic N) is 1. The van der Waals surface area contributed by atoms with E-state index in [1.807, 2.05) is 0 Å². The summed E-state index contributed by atoms with van der Waals surface area (Å²) in [4.78, 5) is 38.3. The Hall–Kier alpha value is -3.86. The maximum atomic E-state index is 12.6. The summed E-state index contributed by atoms with van der Waals surface area (Å²) in [5.74, 6) is -0.245. The van der Waals surface area contributed by atoms with E-state index < -0.39 is 23.7 Å². The van der Waals surface area contributed by atoms with Crippen molar-refractivity contribution in [2.45, 2.75) is 6.61 Å². The van der Waals surface area contributed by atoms with E-state index in [2.05, 4.69) is 10.1 Å². The third-order valence-corrected chi connectivity index (χ3v) is 5.66. The molecule has 0 saturated carbocycles. The number of amides is 3. The van der Waals surface area contributed by atoms with Gasteiger partial charge in [0.1, 0.15) is 5.75 Å². The third-order valence-electron chi connectivity index (χ3n) is 4.75. The normalized spacial score (nSPS) is 14.8. The second-order valence-electron chi connectivity index (χ2n) is 7.02. The molecule has 3 rings (SSSR count). The third kappa shape index (κ3) is 7.06. The number of hydrogen-bond donors (Lipinski definition) is 1. The molecule has 0 radical (unpaired) electrons. The molecule has 2 aromatic rings. The number of hydrogen-bond acceptors (Lipinski definition) is 7. The van der Waals surface area contributed by atoms with Crippen LogP contribution in [0.5, 0.6) is 17.2 Å². The van der Waals surface area contributed by atoms with Crippen molar-refractivity contribution in [1.29, 1.82) is 0 Å². The van der Waals surface area contributed by atoms with Crippen LogP contribution in [0, 0.1) is 0 Å². The largest absolute Gasteiger partial charge is 0.497 e. The Bertz CT molecular complexity index is 1150. The van der Waals surface area contributed by atoms with Crippen LogP contribution >= 0.6 is 11.8 Å². The van der Waals surface area contributed by atoms with Crippen molar-refractivity contribution in [2.75, 3.05) is 27.3 Å². The van der Waals surface area contributed by atoms with Gasteiger partial charge in [0.2, 0.25) is 5.91 Å². The summed E-state index contributed by atoms with van der Waals surface area (Å²) in [6.07, 6.45) is 4.32. The summed E-state index contributed by atoms with van der Waals surface area (Å²) in [6.45, 7) is -2.92. The predicted octanol–water partition coefficient (Wildman–Crippen LogP) is 4.17. The first-order valence-electron chi connectivity index (χ1n) is 10.3. The number of carbonyl (C=O) groups is 3. The van der Waals surface area contributed by atoms with E-state index in [9.17, 15) is 23.2 Å². The van der Waals surface area contributed by atoms with Gasteiger partial charge in [-0.2, -0.15) is 8.78 Å². The SMILES string of the molecule is COc1ccc(C=C2SC(=O)N(CCNC(=O)C=Cc3ccc(OC(F)F)c(OC)c3)C2=O)cc1. The molecule has 11 heteroatoms. The van der Waals surface area contributed by atoms with E-state index >= 15 is 0 Å². The number of nitrogens with one attached hydrogen (secondary N) is 1. The van der Waals surface area contributed by atoms with E-state index in [1.165, 1.54) is 37.5 Å². The van der Waals surface area contributed by atoms with E-state index in [4.69, 9.17) is 9.47 Å². The van der Waals surface area contributed by atoms with Gasteiger partial charge in [-0.1, -0.05) is 18.2 Å². The van der Waals surface area contributed by atoms with Crippen molar-refractivity contribution in [2.24, 2.45) is 0 Å². The lowest BCUT2D eigenvalue weighted by Gasteiger charge is -2.12. The first kappa shape index (κ1) is 25.8. The molecule has 35 heavy (non-hydrogen) atoms. The number of rotatable bonds is 10. The average Bonchev–Trinajstić information content (AvgIpc) is 3.10. The van der Waals surface area contributed by atoms with Crippen molar-refractivity contribution >= 4 is 41.0 Å². The van der Waals surface area contributed by atoms with E-state index in [0.717, 1.165) is 22.2 Å². The molecule has 8 nitrogen and oxygen atoms in total. The summed E-state index contributed by atoms with van der Waals surface area (Å²) in [5, 5.41) is 2.18. The molecule has 184 valence electrons. The van der Waals surface area contributed by atoms with Crippen molar-refractivity contribution < 1.29 is 37.4 Å². The van der Waals surface area contributed by atoms with Gasteiger partial charge in [0.15, 0.2) is 11.5 Å². The summed E-state index contributed by atoms with van der Waals surface area (Å²) in [6, 6.07) is 11.3. The molecule has 1 aliphatic rings. The second kappa shape index (κ2) is 12.0. The number of halogens is 2. The lowest BCUT2D eigenvalue weighted by Crippen LogP contribution is -2.36. The zero-order valence-electron chi connectivity index (χ0n) is 18.8. The van der Waals surface area contributed by atoms with Gasteiger partial charge in [0.25, 0.3) is 11.1 Å². The van der Waals surface area contributed by atoms with Crippen LogP contribution in [0.2, 0.25) is 0 Å². The van der Waals surface area contributed by atoms with Gasteiger partial charge in [0, 0.05) is 19.2 Å². The van der Waals surface area contributed by atoms with Crippen molar-refractivity contribution in [3.63, 3.8) is 0 Å². The van der Waals surface area contributed by atoms with Gasteiger partial charge >= 0.3 is 6.61 Å². The highest BCUT2D eigenvalue weighted by Crippen LogP contribution is 2.32. The first-order valence-corrected chi connectivity index (χ1v) is 11.1. The zero-order valence-corrected chi connectivity index (χ0v) is 19.6. The van der Waals surface area contributed by atoms with Crippen LogP contribution in [0.15, 0.2) is 53.4 Å². The molecular formula is C24H22F2N2O6S. The molecule has 3 amide bonds. The first-order chi connectivity index (χ1) is 16.8. The summed E-state index contributed by atoms with van der Waals surface area (Å²) in [5.41, 5.74) is 1.27. The molecular weight excluding hydrogens is 482 g/mol. The van der Waals surface area contributed by atoms with Crippen LogP contribution in [-0.4, -0.2) is 55.9 Å². The molecule has 0 aromatic heterocycles. The van der Waals surface area contributed by atoms with Gasteiger partial charge in [-0.25, -0.2) is 0 Å². The smallest absolute Gasteiger partial charge is 0.387 e. The van der Waals surface area contributed by atoms with Gasteiger partial charge in [-0.3, -0.25) is 19.3 Å². The van der Waals surface area contributed by atoms with E-state index in [0.29, 0.717) is 16.2 Å². The lowest BCUT2D eigenvalue weighted by molar-refractivity contribution is -0.123. The quantitative estimate of drug-likeness (QED) is 0.486. The van der Waals surface area contributed by atoms with Crippen LogP contribution in [0.4, 0.5) is 13.6 Å². The van der Waals surface area contributed by atoms with Crippen LogP contribution < -0.4 is 19.5 Å². The van der Waals surface area contributed by atoms with Crippen LogP contribution in [0.25, 0.3) is 12.2 Å². The van der Waals surface area contributed by atoms with Crippen molar-refractivity contribution in [1.82, 2.24) is 10.2 Å². The number of benzene rings is 2. The van der Waals surface area contributed by atoms with Crippen molar-refractivity contribution in [3.8, 4) is 17.2 Å². The number of methoxy groups -OCH3 is 2. The molecule has 0 aliphatic carbocycles. The number of imide groups is 1. The standard InChI is InChI=1S/C24H22F2N2O6S/c1-32-17-7-3-16(4-8-17)14-20-22(30)28(24(31)35-20)12-11-27-21(29)10-6-15-5-9-18(34-23(25)26)19(13-15)33-2/h3-10,13-14,23H,11-12H2,1-2H3,(H,27,29). The lowest BCUT2D eigenvalue weighted by atomic mass is 10.2. The van der Waals surface area contributed by atoms with Gasteiger partial charge < -0.3 is 19.5 Å². The van der Waals surface area contributed by atoms with E-state index in [-0.39, 0.29) is 24.6 Å². The minimum Gasteiger partial charge on any atom is -0.497 e. The molecule has 0 unspecified atom stereocenters. The Labute approximate surface area is 204 Å². The summed E-state index contributed by atoms with van der Waals surface area (Å²) < 4.78 is 39.3. The molecule has 1 fully saturated rings. The second-order valence-corrected chi connectivity index (χ2v) is 8.01. The number of carbonyl (C=O) groups excluding carboxylic acids is 3. The molecule has 2 aromatic carbocycles. The number of alkyl halides is 2.